The van der Waals surface area contributed by atoms with Gasteiger partial charge in [-0.25, -0.2) is 0 Å². The van der Waals surface area contributed by atoms with E-state index < -0.39 is 0 Å². The molecule has 0 atom stereocenters. The Morgan fingerprint density at radius 3 is 2.35 bits per heavy atom. The Balaban J connectivity index is 3.16. The summed E-state index contributed by atoms with van der Waals surface area (Å²) in [4.78, 5) is 12.3. The molecule has 3 heteroatoms. The highest BCUT2D eigenvalue weighted by Crippen LogP contribution is 2.15. The van der Waals surface area contributed by atoms with Crippen LogP contribution in [-0.4, -0.2) is 4.57 Å². The second kappa shape index (κ2) is 6.39. The van der Waals surface area contributed by atoms with Crippen LogP contribution in [0.15, 0.2) is 16.9 Å². The highest BCUT2D eigenvalue weighted by molar-refractivity contribution is 9.08. The number of rotatable bonds is 5. The molecule has 0 aliphatic heterocycles. The van der Waals surface area contributed by atoms with Gasteiger partial charge in [-0.3, -0.25) is 4.79 Å². The average Bonchev–Trinajstić information content (AvgIpc) is 2.26. The molecule has 0 aliphatic carbocycles. The molecule has 0 unspecified atom stereocenters. The van der Waals surface area contributed by atoms with Crippen molar-refractivity contribution in [2.24, 2.45) is 5.92 Å². The van der Waals surface area contributed by atoms with Gasteiger partial charge in [0.2, 0.25) is 0 Å². The summed E-state index contributed by atoms with van der Waals surface area (Å²) in [5.74, 6) is 1.01. The predicted molar refractivity (Wildman–Crippen MR) is 76.9 cm³/mol. The summed E-state index contributed by atoms with van der Waals surface area (Å²) in [6.07, 6.45) is 1.05. The Hall–Kier alpha value is -0.570. The van der Waals surface area contributed by atoms with E-state index in [0.717, 1.165) is 24.2 Å². The molecule has 0 aromatic carbocycles. The van der Waals surface area contributed by atoms with E-state index in [-0.39, 0.29) is 5.56 Å². The predicted octanol–water partition coefficient (Wildman–Crippen LogP) is 3.91. The van der Waals surface area contributed by atoms with Crippen molar-refractivity contribution in [1.29, 1.82) is 0 Å². The molecule has 0 aliphatic rings. The monoisotopic (exact) mass is 299 g/mol. The normalized spacial score (nSPS) is 11.5. The SMILES string of the molecule is CC(C)CCn1c(C(C)C)ccc(CBr)c1=O. The molecule has 0 amide bonds. The minimum Gasteiger partial charge on any atom is -0.312 e. The van der Waals surface area contributed by atoms with Crippen molar-refractivity contribution in [2.75, 3.05) is 0 Å². The van der Waals surface area contributed by atoms with Crippen molar-refractivity contribution in [1.82, 2.24) is 4.57 Å². The summed E-state index contributed by atoms with van der Waals surface area (Å²) in [6.45, 7) is 9.47. The molecule has 0 saturated heterocycles. The Kier molecular flexibility index (Phi) is 5.44. The number of hydrogen-bond donors (Lipinski definition) is 0. The van der Waals surface area contributed by atoms with Gasteiger partial charge >= 0.3 is 0 Å². The Morgan fingerprint density at radius 2 is 1.88 bits per heavy atom. The largest absolute Gasteiger partial charge is 0.312 e. The van der Waals surface area contributed by atoms with Gasteiger partial charge in [-0.2, -0.15) is 0 Å². The second-order valence-corrected chi connectivity index (χ2v) is 5.77. The molecular weight excluding hydrogens is 278 g/mol. The van der Waals surface area contributed by atoms with Gasteiger partial charge in [0.05, 0.1) is 0 Å². The first-order chi connectivity index (χ1) is 7.97. The lowest BCUT2D eigenvalue weighted by Gasteiger charge is -2.17. The van der Waals surface area contributed by atoms with Gasteiger partial charge in [0.15, 0.2) is 0 Å². The Morgan fingerprint density at radius 1 is 1.24 bits per heavy atom. The van der Waals surface area contributed by atoms with Crippen molar-refractivity contribution >= 4 is 15.9 Å². The molecule has 0 N–H and O–H groups in total. The number of halogens is 1. The fourth-order valence-corrected chi connectivity index (χ4v) is 2.29. The van der Waals surface area contributed by atoms with Gasteiger partial charge in [0, 0.05) is 23.1 Å². The van der Waals surface area contributed by atoms with Gasteiger partial charge in [-0.05, 0) is 24.3 Å². The third kappa shape index (κ3) is 3.70. The molecule has 1 rings (SSSR count). The third-order valence-electron chi connectivity index (χ3n) is 2.95. The van der Waals surface area contributed by atoms with Crippen LogP contribution in [0.3, 0.4) is 0 Å². The van der Waals surface area contributed by atoms with Crippen LogP contribution in [0.2, 0.25) is 0 Å². The van der Waals surface area contributed by atoms with E-state index in [1.807, 2.05) is 10.6 Å². The minimum atomic E-state index is 0.161. The fourth-order valence-electron chi connectivity index (χ4n) is 1.86. The standard InChI is InChI=1S/C14H22BrNO/c1-10(2)7-8-16-13(11(3)4)6-5-12(9-15)14(16)17/h5-6,10-11H,7-9H2,1-4H3. The zero-order chi connectivity index (χ0) is 13.0. The number of pyridine rings is 1. The summed E-state index contributed by atoms with van der Waals surface area (Å²) in [5, 5.41) is 0.631. The van der Waals surface area contributed by atoms with Crippen LogP contribution >= 0.6 is 15.9 Å². The summed E-state index contributed by atoms with van der Waals surface area (Å²) in [6, 6.07) is 4.03. The molecule has 1 aromatic rings. The van der Waals surface area contributed by atoms with Crippen molar-refractivity contribution < 1.29 is 0 Å². The quantitative estimate of drug-likeness (QED) is 0.756. The van der Waals surface area contributed by atoms with Gasteiger partial charge in [0.1, 0.15) is 0 Å². The molecule has 1 aromatic heterocycles. The van der Waals surface area contributed by atoms with E-state index in [4.69, 9.17) is 0 Å². The number of alkyl halides is 1. The molecule has 96 valence electrons. The molecule has 0 saturated carbocycles. The molecule has 0 radical (unpaired) electrons. The summed E-state index contributed by atoms with van der Waals surface area (Å²) in [5.41, 5.74) is 2.15. The molecule has 0 spiro atoms. The lowest BCUT2D eigenvalue weighted by Crippen LogP contribution is -2.27. The van der Waals surface area contributed by atoms with Crippen LogP contribution in [0.1, 0.15) is 51.3 Å². The van der Waals surface area contributed by atoms with Crippen LogP contribution in [-0.2, 0) is 11.9 Å². The zero-order valence-corrected chi connectivity index (χ0v) is 12.8. The van der Waals surface area contributed by atoms with Crippen LogP contribution in [0.25, 0.3) is 0 Å². The van der Waals surface area contributed by atoms with Gasteiger partial charge in [0.25, 0.3) is 5.56 Å². The van der Waals surface area contributed by atoms with E-state index in [1.165, 1.54) is 0 Å². The Labute approximate surface area is 112 Å². The summed E-state index contributed by atoms with van der Waals surface area (Å²) < 4.78 is 1.95. The fraction of sp³-hybridized carbons (Fsp3) is 0.643. The smallest absolute Gasteiger partial charge is 0.254 e. The minimum absolute atomic E-state index is 0.161. The maximum atomic E-state index is 12.3. The van der Waals surface area contributed by atoms with Crippen molar-refractivity contribution in [3.63, 3.8) is 0 Å². The van der Waals surface area contributed by atoms with Crippen LogP contribution in [0.5, 0.6) is 0 Å². The third-order valence-corrected chi connectivity index (χ3v) is 3.56. The van der Waals surface area contributed by atoms with Gasteiger partial charge < -0.3 is 4.57 Å². The van der Waals surface area contributed by atoms with Crippen LogP contribution in [0.4, 0.5) is 0 Å². The molecular formula is C14H22BrNO. The lowest BCUT2D eigenvalue weighted by molar-refractivity contribution is 0.489. The summed E-state index contributed by atoms with van der Waals surface area (Å²) in [7, 11) is 0. The maximum absolute atomic E-state index is 12.3. The zero-order valence-electron chi connectivity index (χ0n) is 11.2. The number of hydrogen-bond acceptors (Lipinski definition) is 1. The summed E-state index contributed by atoms with van der Waals surface area (Å²) >= 11 is 3.37. The second-order valence-electron chi connectivity index (χ2n) is 5.21. The van der Waals surface area contributed by atoms with Crippen molar-refractivity contribution in [3.8, 4) is 0 Å². The Bertz CT molecular complexity index is 421. The first-order valence-corrected chi connectivity index (χ1v) is 7.38. The van der Waals surface area contributed by atoms with Crippen molar-refractivity contribution in [3.05, 3.63) is 33.7 Å². The average molecular weight is 300 g/mol. The number of aromatic nitrogens is 1. The molecule has 1 heterocycles. The van der Waals surface area contributed by atoms with Crippen molar-refractivity contribution in [2.45, 2.75) is 51.9 Å². The topological polar surface area (TPSA) is 22.0 Å². The van der Waals surface area contributed by atoms with Gasteiger partial charge in [-0.1, -0.05) is 49.7 Å². The molecule has 0 bridgehead atoms. The highest BCUT2D eigenvalue weighted by atomic mass is 79.9. The maximum Gasteiger partial charge on any atom is 0.254 e. The van der Waals surface area contributed by atoms with E-state index >= 15 is 0 Å². The van der Waals surface area contributed by atoms with E-state index in [2.05, 4.69) is 49.7 Å². The van der Waals surface area contributed by atoms with E-state index in [1.54, 1.807) is 0 Å². The van der Waals surface area contributed by atoms with Gasteiger partial charge in [-0.15, -0.1) is 0 Å². The van der Waals surface area contributed by atoms with E-state index in [0.29, 0.717) is 17.2 Å². The van der Waals surface area contributed by atoms with Crippen LogP contribution < -0.4 is 5.56 Å². The highest BCUT2D eigenvalue weighted by Gasteiger charge is 2.11. The lowest BCUT2D eigenvalue weighted by atomic mass is 10.1. The molecule has 17 heavy (non-hydrogen) atoms. The number of nitrogens with zero attached hydrogens (tertiary/aromatic N) is 1. The molecule has 2 nitrogen and oxygen atoms in total. The first kappa shape index (κ1) is 14.5. The van der Waals surface area contributed by atoms with Crippen LogP contribution in [0, 0.1) is 5.92 Å². The van der Waals surface area contributed by atoms with E-state index in [9.17, 15) is 4.79 Å². The first-order valence-electron chi connectivity index (χ1n) is 6.26. The molecule has 0 fully saturated rings.